The molecule has 1 atom stereocenters. The fraction of sp³-hybridized carbons (Fsp3) is 0.389. The van der Waals surface area contributed by atoms with E-state index in [1.807, 2.05) is 11.0 Å². The molecule has 46 heavy (non-hydrogen) atoms. The van der Waals surface area contributed by atoms with Crippen molar-refractivity contribution in [1.29, 1.82) is 0 Å². The molecule has 3 aliphatic heterocycles. The van der Waals surface area contributed by atoms with Crippen LogP contribution in [-0.4, -0.2) is 60.9 Å². The fourth-order valence-corrected chi connectivity index (χ4v) is 6.74. The first kappa shape index (κ1) is 30.0. The molecule has 10 heteroatoms. The quantitative estimate of drug-likeness (QED) is 0.341. The third-order valence-corrected chi connectivity index (χ3v) is 9.45. The van der Waals surface area contributed by atoms with Crippen LogP contribution in [0.3, 0.4) is 0 Å². The minimum Gasteiger partial charge on any atom is -0.493 e. The van der Waals surface area contributed by atoms with Crippen molar-refractivity contribution >= 4 is 34.9 Å². The number of amides is 4. The van der Waals surface area contributed by atoms with Crippen LogP contribution >= 0.6 is 0 Å². The number of ether oxygens (including phenoxy) is 1. The van der Waals surface area contributed by atoms with E-state index in [9.17, 15) is 14.4 Å². The van der Waals surface area contributed by atoms with Crippen molar-refractivity contribution in [3.05, 3.63) is 89.7 Å². The molecule has 5 aliphatic rings. The largest absolute Gasteiger partial charge is 0.493 e. The number of nitrogens with zero attached hydrogens (tertiary/aromatic N) is 3. The summed E-state index contributed by atoms with van der Waals surface area (Å²) in [5.41, 5.74) is 1.82. The number of urea groups is 1. The summed E-state index contributed by atoms with van der Waals surface area (Å²) in [6.07, 6.45) is 5.39. The lowest BCUT2D eigenvalue weighted by Gasteiger charge is -2.29. The summed E-state index contributed by atoms with van der Waals surface area (Å²) in [4.78, 5) is 49.4. The number of hydrogen-bond donors (Lipinski definition) is 2. The van der Waals surface area contributed by atoms with Gasteiger partial charge in [0.15, 0.2) is 0 Å². The van der Waals surface area contributed by atoms with E-state index >= 15 is 4.39 Å². The van der Waals surface area contributed by atoms with Gasteiger partial charge in [-0.1, -0.05) is 36.4 Å². The van der Waals surface area contributed by atoms with Gasteiger partial charge in [0.05, 0.1) is 18.0 Å². The number of para-hydroxylation sites is 1. The van der Waals surface area contributed by atoms with Gasteiger partial charge < -0.3 is 20.3 Å². The van der Waals surface area contributed by atoms with E-state index in [1.54, 1.807) is 60.7 Å². The first-order chi connectivity index (χ1) is 22.4. The van der Waals surface area contributed by atoms with Crippen LogP contribution in [0.5, 0.6) is 5.75 Å². The number of halogens is 1. The van der Waals surface area contributed by atoms with E-state index in [2.05, 4.69) is 15.6 Å². The van der Waals surface area contributed by atoms with Crippen LogP contribution in [-0.2, 0) is 9.59 Å². The van der Waals surface area contributed by atoms with Crippen molar-refractivity contribution < 1.29 is 23.5 Å². The maximum atomic E-state index is 15.2. The highest BCUT2D eigenvalue weighted by atomic mass is 19.1. The second kappa shape index (κ2) is 12.9. The zero-order chi connectivity index (χ0) is 31.6. The average Bonchev–Trinajstić information content (AvgIpc) is 3.93. The number of anilines is 2. The van der Waals surface area contributed by atoms with Crippen LogP contribution in [0.25, 0.3) is 0 Å². The summed E-state index contributed by atoms with van der Waals surface area (Å²) in [6, 6.07) is 19.6. The zero-order valence-corrected chi connectivity index (χ0v) is 25.7. The van der Waals surface area contributed by atoms with Gasteiger partial charge in [-0.2, -0.15) is 0 Å². The van der Waals surface area contributed by atoms with E-state index in [4.69, 9.17) is 4.74 Å². The number of nitrogens with one attached hydrogen (secondary N) is 2. The minimum absolute atomic E-state index is 0.150. The fourth-order valence-electron chi connectivity index (χ4n) is 6.74. The Kier molecular flexibility index (Phi) is 8.43. The third kappa shape index (κ3) is 6.61. The highest BCUT2D eigenvalue weighted by Crippen LogP contribution is 2.35. The monoisotopic (exact) mass is 623 g/mol. The molecule has 2 saturated heterocycles. The van der Waals surface area contributed by atoms with Gasteiger partial charge in [0, 0.05) is 36.0 Å². The molecule has 3 heterocycles. The van der Waals surface area contributed by atoms with Crippen LogP contribution in [0.2, 0.25) is 0 Å². The Bertz CT molecular complexity index is 1650. The van der Waals surface area contributed by atoms with E-state index in [0.717, 1.165) is 38.5 Å². The van der Waals surface area contributed by atoms with Gasteiger partial charge in [0.2, 0.25) is 12.1 Å². The summed E-state index contributed by atoms with van der Waals surface area (Å²) in [5.74, 6) is 0.916. The molecule has 2 saturated carbocycles. The van der Waals surface area contributed by atoms with Crippen LogP contribution < -0.4 is 20.3 Å². The Hall–Kier alpha value is -4.73. The van der Waals surface area contributed by atoms with Crippen LogP contribution in [0.15, 0.2) is 77.8 Å². The molecular formula is C36H38FN5O4. The second-order valence-corrected chi connectivity index (χ2v) is 12.9. The molecule has 0 aromatic heterocycles. The molecule has 4 amide bonds. The van der Waals surface area contributed by atoms with Crippen molar-refractivity contribution in [2.24, 2.45) is 22.7 Å². The molecule has 2 bridgehead atoms. The van der Waals surface area contributed by atoms with Gasteiger partial charge in [-0.05, 0) is 86.6 Å². The Morgan fingerprint density at radius 3 is 2.28 bits per heavy atom. The standard InChI is InChI=1S/C36H38FN5O4/c37-30-10-3-1-8-28(30)33-29-9-2-4-11-31(29)42(21-32(43)41-19-23-12-13-24(20-41)15-14-23)35(44)34(39-33)40-36(45)38-26-6-5-7-27(18-26)46-22-25-16-17-25/h1-11,18,23-25,34H,12-17,19-22H2,(H2,38,40,45)/t23?,24?,34-/m0/s1. The van der Waals surface area contributed by atoms with Gasteiger partial charge >= 0.3 is 6.03 Å². The van der Waals surface area contributed by atoms with Crippen LogP contribution in [0.4, 0.5) is 20.6 Å². The van der Waals surface area contributed by atoms with Crippen LogP contribution in [0.1, 0.15) is 49.7 Å². The first-order valence-corrected chi connectivity index (χ1v) is 16.2. The predicted molar refractivity (Wildman–Crippen MR) is 173 cm³/mol. The molecule has 0 radical (unpaired) electrons. The van der Waals surface area contributed by atoms with E-state index in [-0.39, 0.29) is 23.7 Å². The molecule has 3 aromatic carbocycles. The number of carbonyl (C=O) groups excluding carboxylic acids is 3. The summed E-state index contributed by atoms with van der Waals surface area (Å²) in [5, 5.41) is 5.46. The van der Waals surface area contributed by atoms with Gasteiger partial charge in [0.25, 0.3) is 5.91 Å². The lowest BCUT2D eigenvalue weighted by atomic mass is 9.84. The predicted octanol–water partition coefficient (Wildman–Crippen LogP) is 5.59. The number of carbonyl (C=O) groups is 3. The lowest BCUT2D eigenvalue weighted by Crippen LogP contribution is -2.51. The van der Waals surface area contributed by atoms with Crippen molar-refractivity contribution in [1.82, 2.24) is 10.2 Å². The number of aliphatic imine (C=N–C) groups is 1. The molecule has 3 aromatic rings. The summed E-state index contributed by atoms with van der Waals surface area (Å²) < 4.78 is 21.1. The van der Waals surface area contributed by atoms with Crippen molar-refractivity contribution in [2.75, 3.05) is 36.5 Å². The van der Waals surface area contributed by atoms with E-state index in [0.29, 0.717) is 60.1 Å². The Balaban J connectivity index is 1.18. The number of rotatable bonds is 8. The topological polar surface area (TPSA) is 103 Å². The number of benzene rings is 3. The maximum absolute atomic E-state index is 15.2. The summed E-state index contributed by atoms with van der Waals surface area (Å²) >= 11 is 0. The van der Waals surface area contributed by atoms with E-state index in [1.165, 1.54) is 11.0 Å². The molecule has 238 valence electrons. The van der Waals surface area contributed by atoms with Gasteiger partial charge in [0.1, 0.15) is 18.1 Å². The van der Waals surface area contributed by atoms with Crippen molar-refractivity contribution in [3.63, 3.8) is 0 Å². The molecule has 0 unspecified atom stereocenters. The molecule has 8 rings (SSSR count). The smallest absolute Gasteiger partial charge is 0.321 e. The third-order valence-electron chi connectivity index (χ3n) is 9.45. The normalized spacial score (nSPS) is 22.3. The molecule has 2 aliphatic carbocycles. The molecule has 9 nitrogen and oxygen atoms in total. The minimum atomic E-state index is -1.43. The Morgan fingerprint density at radius 2 is 1.57 bits per heavy atom. The summed E-state index contributed by atoms with van der Waals surface area (Å²) in [6.45, 7) is 1.79. The Labute approximate surface area is 267 Å². The average molecular weight is 624 g/mol. The van der Waals surface area contributed by atoms with Crippen LogP contribution in [0, 0.1) is 23.6 Å². The molecule has 4 fully saturated rings. The molecular weight excluding hydrogens is 585 g/mol. The van der Waals surface area contributed by atoms with Gasteiger partial charge in [-0.15, -0.1) is 0 Å². The molecule has 2 N–H and O–H groups in total. The SMILES string of the molecule is O=C(Nc1cccc(OCC2CC2)c1)N[C@@H]1N=C(c2ccccc2F)c2ccccc2N(CC(=O)N2CC3CCC(CC3)C2)C1=O. The summed E-state index contributed by atoms with van der Waals surface area (Å²) in [7, 11) is 0. The Morgan fingerprint density at radius 1 is 0.870 bits per heavy atom. The van der Waals surface area contributed by atoms with Gasteiger partial charge in [-0.25, -0.2) is 14.2 Å². The first-order valence-electron chi connectivity index (χ1n) is 16.2. The highest BCUT2D eigenvalue weighted by molar-refractivity contribution is 6.21. The van der Waals surface area contributed by atoms with Crippen molar-refractivity contribution in [2.45, 2.75) is 44.7 Å². The highest BCUT2D eigenvalue weighted by Gasteiger charge is 2.37. The lowest BCUT2D eigenvalue weighted by molar-refractivity contribution is -0.132. The van der Waals surface area contributed by atoms with Gasteiger partial charge in [-0.3, -0.25) is 14.5 Å². The number of benzodiazepines with no additional fused rings is 1. The van der Waals surface area contributed by atoms with Crippen molar-refractivity contribution in [3.8, 4) is 5.75 Å². The zero-order valence-electron chi connectivity index (χ0n) is 25.7. The number of hydrogen-bond acceptors (Lipinski definition) is 5. The second-order valence-electron chi connectivity index (χ2n) is 12.9. The van der Waals surface area contributed by atoms with E-state index < -0.39 is 23.9 Å². The number of fused-ring (bicyclic) bond motifs is 5. The maximum Gasteiger partial charge on any atom is 0.321 e. The molecule has 0 spiro atoms.